The van der Waals surface area contributed by atoms with Crippen molar-refractivity contribution >= 4 is 0 Å². The molecule has 0 amide bonds. The Hall–Kier alpha value is -1.88. The molecule has 1 aromatic heterocycles. The van der Waals surface area contributed by atoms with Crippen LogP contribution in [-0.2, 0) is 12.7 Å². The Balaban J connectivity index is 2.69. The number of pyridine rings is 1. The van der Waals surface area contributed by atoms with Gasteiger partial charge in [0, 0.05) is 24.5 Å². The van der Waals surface area contributed by atoms with Gasteiger partial charge < -0.3 is 5.73 Å². The minimum atomic E-state index is -4.41. The summed E-state index contributed by atoms with van der Waals surface area (Å²) in [5.74, 6) is 0. The van der Waals surface area contributed by atoms with Gasteiger partial charge in [-0.3, -0.25) is 4.98 Å². The van der Waals surface area contributed by atoms with Gasteiger partial charge in [0.1, 0.15) is 0 Å². The summed E-state index contributed by atoms with van der Waals surface area (Å²) >= 11 is 0. The highest BCUT2D eigenvalue weighted by Gasteiger charge is 2.34. The Morgan fingerprint density at radius 2 is 1.89 bits per heavy atom. The van der Waals surface area contributed by atoms with Crippen LogP contribution in [-0.4, -0.2) is 4.98 Å². The van der Waals surface area contributed by atoms with E-state index in [4.69, 9.17) is 5.73 Å². The second kappa shape index (κ2) is 5.01. The molecule has 2 rings (SSSR count). The summed E-state index contributed by atoms with van der Waals surface area (Å²) in [4.78, 5) is 3.80. The lowest BCUT2D eigenvalue weighted by atomic mass is 9.95. The van der Waals surface area contributed by atoms with E-state index in [2.05, 4.69) is 4.98 Å². The number of aromatic nitrogens is 1. The summed E-state index contributed by atoms with van der Waals surface area (Å²) < 4.78 is 39.0. The molecule has 2 N–H and O–H groups in total. The largest absolute Gasteiger partial charge is 0.417 e. The molecule has 19 heavy (non-hydrogen) atoms. The zero-order valence-corrected chi connectivity index (χ0v) is 10.3. The smallest absolute Gasteiger partial charge is 0.326 e. The van der Waals surface area contributed by atoms with E-state index in [1.165, 1.54) is 6.20 Å². The van der Waals surface area contributed by atoms with Crippen molar-refractivity contribution in [3.05, 3.63) is 53.3 Å². The van der Waals surface area contributed by atoms with Crippen molar-refractivity contribution in [2.24, 2.45) is 5.73 Å². The van der Waals surface area contributed by atoms with Gasteiger partial charge in [-0.2, -0.15) is 13.2 Å². The lowest BCUT2D eigenvalue weighted by Crippen LogP contribution is -2.09. The molecule has 1 aromatic carbocycles. The first kappa shape index (κ1) is 13.5. The predicted octanol–water partition coefficient (Wildman–Crippen LogP) is 3.53. The number of rotatable bonds is 2. The van der Waals surface area contributed by atoms with Crippen LogP contribution in [0.4, 0.5) is 13.2 Å². The van der Waals surface area contributed by atoms with Gasteiger partial charge in [0.25, 0.3) is 0 Å². The molecule has 0 saturated heterocycles. The fourth-order valence-corrected chi connectivity index (χ4v) is 1.98. The molecule has 0 aliphatic carbocycles. The number of hydrogen-bond acceptors (Lipinski definition) is 2. The van der Waals surface area contributed by atoms with Crippen LogP contribution >= 0.6 is 0 Å². The minimum absolute atomic E-state index is 0.0687. The van der Waals surface area contributed by atoms with E-state index in [0.29, 0.717) is 11.1 Å². The second-order valence-corrected chi connectivity index (χ2v) is 4.28. The maximum Gasteiger partial charge on any atom is 0.417 e. The van der Waals surface area contributed by atoms with Crippen molar-refractivity contribution in [1.82, 2.24) is 4.98 Å². The van der Waals surface area contributed by atoms with E-state index in [-0.39, 0.29) is 12.1 Å². The summed E-state index contributed by atoms with van der Waals surface area (Å²) in [6, 6.07) is 6.26. The topological polar surface area (TPSA) is 38.9 Å². The molecule has 0 saturated carbocycles. The average molecular weight is 266 g/mol. The van der Waals surface area contributed by atoms with Gasteiger partial charge in [-0.15, -0.1) is 0 Å². The van der Waals surface area contributed by atoms with Crippen molar-refractivity contribution in [3.63, 3.8) is 0 Å². The molecule has 100 valence electrons. The number of halogens is 3. The summed E-state index contributed by atoms with van der Waals surface area (Å²) in [5.41, 5.74) is 7.01. The van der Waals surface area contributed by atoms with Crippen LogP contribution in [0.5, 0.6) is 0 Å². The Labute approximate surface area is 109 Å². The fraction of sp³-hybridized carbons (Fsp3) is 0.214. The molecule has 0 atom stereocenters. The molecule has 0 aliphatic heterocycles. The highest BCUT2D eigenvalue weighted by molar-refractivity contribution is 5.71. The van der Waals surface area contributed by atoms with Crippen molar-refractivity contribution in [2.75, 3.05) is 0 Å². The van der Waals surface area contributed by atoms with Crippen molar-refractivity contribution < 1.29 is 13.2 Å². The van der Waals surface area contributed by atoms with Crippen LogP contribution in [0.15, 0.2) is 36.7 Å². The minimum Gasteiger partial charge on any atom is -0.326 e. The number of aryl methyl sites for hydroxylation is 1. The summed E-state index contributed by atoms with van der Waals surface area (Å²) in [5, 5.41) is 0. The average Bonchev–Trinajstić information content (AvgIpc) is 2.37. The van der Waals surface area contributed by atoms with Gasteiger partial charge in [-0.1, -0.05) is 23.8 Å². The summed E-state index contributed by atoms with van der Waals surface area (Å²) in [6.07, 6.45) is -2.03. The lowest BCUT2D eigenvalue weighted by Gasteiger charge is -2.15. The molecule has 0 aliphatic rings. The van der Waals surface area contributed by atoms with Crippen molar-refractivity contribution in [2.45, 2.75) is 19.6 Å². The highest BCUT2D eigenvalue weighted by atomic mass is 19.4. The zero-order valence-electron chi connectivity index (χ0n) is 10.3. The van der Waals surface area contributed by atoms with E-state index in [9.17, 15) is 13.2 Å². The third-order valence-electron chi connectivity index (χ3n) is 2.90. The first-order valence-electron chi connectivity index (χ1n) is 5.74. The quantitative estimate of drug-likeness (QED) is 0.903. The Morgan fingerprint density at radius 3 is 2.53 bits per heavy atom. The first-order valence-corrected chi connectivity index (χ1v) is 5.74. The second-order valence-electron chi connectivity index (χ2n) is 4.28. The maximum absolute atomic E-state index is 13.0. The Bertz CT molecular complexity index is 591. The molecular weight excluding hydrogens is 253 g/mol. The zero-order chi connectivity index (χ0) is 14.0. The standard InChI is InChI=1S/C14H13F3N2/c1-9-2-3-10(7-18)11(6-9)12-8-19-5-4-13(12)14(15,16)17/h2-6,8H,7,18H2,1H3. The van der Waals surface area contributed by atoms with Crippen LogP contribution in [0.1, 0.15) is 16.7 Å². The molecule has 2 aromatic rings. The third kappa shape index (κ3) is 2.76. The number of nitrogens with two attached hydrogens (primary N) is 1. The predicted molar refractivity (Wildman–Crippen MR) is 67.3 cm³/mol. The molecule has 0 radical (unpaired) electrons. The summed E-state index contributed by atoms with van der Waals surface area (Å²) in [7, 11) is 0. The highest BCUT2D eigenvalue weighted by Crippen LogP contribution is 2.37. The molecule has 0 bridgehead atoms. The molecule has 0 unspecified atom stereocenters. The number of benzene rings is 1. The van der Waals surface area contributed by atoms with Gasteiger partial charge >= 0.3 is 6.18 Å². The van der Waals surface area contributed by atoms with E-state index in [1.54, 1.807) is 12.1 Å². The Morgan fingerprint density at radius 1 is 1.16 bits per heavy atom. The van der Waals surface area contributed by atoms with E-state index in [1.807, 2.05) is 13.0 Å². The van der Waals surface area contributed by atoms with Gasteiger partial charge in [0.2, 0.25) is 0 Å². The molecule has 2 nitrogen and oxygen atoms in total. The Kier molecular flexibility index (Phi) is 3.57. The maximum atomic E-state index is 13.0. The molecule has 5 heteroatoms. The van der Waals surface area contributed by atoms with Gasteiger partial charge in [0.15, 0.2) is 0 Å². The molecular formula is C14H13F3N2. The van der Waals surface area contributed by atoms with Gasteiger partial charge in [0.05, 0.1) is 5.56 Å². The molecule has 0 spiro atoms. The van der Waals surface area contributed by atoms with E-state index >= 15 is 0 Å². The van der Waals surface area contributed by atoms with Gasteiger partial charge in [-0.25, -0.2) is 0 Å². The fourth-order valence-electron chi connectivity index (χ4n) is 1.98. The third-order valence-corrected chi connectivity index (χ3v) is 2.90. The van der Waals surface area contributed by atoms with Crippen LogP contribution in [0.25, 0.3) is 11.1 Å². The van der Waals surface area contributed by atoms with Crippen LogP contribution in [0.3, 0.4) is 0 Å². The number of nitrogens with zero attached hydrogens (tertiary/aromatic N) is 1. The lowest BCUT2D eigenvalue weighted by molar-refractivity contribution is -0.137. The van der Waals surface area contributed by atoms with Crippen LogP contribution < -0.4 is 5.73 Å². The number of alkyl halides is 3. The van der Waals surface area contributed by atoms with E-state index < -0.39 is 11.7 Å². The molecule has 0 fully saturated rings. The summed E-state index contributed by atoms with van der Waals surface area (Å²) in [6.45, 7) is 2.01. The first-order chi connectivity index (χ1) is 8.93. The van der Waals surface area contributed by atoms with Gasteiger partial charge in [-0.05, 0) is 24.1 Å². The van der Waals surface area contributed by atoms with Crippen molar-refractivity contribution in [1.29, 1.82) is 0 Å². The molecule has 1 heterocycles. The van der Waals surface area contributed by atoms with Crippen molar-refractivity contribution in [3.8, 4) is 11.1 Å². The van der Waals surface area contributed by atoms with Crippen LogP contribution in [0, 0.1) is 6.92 Å². The SMILES string of the molecule is Cc1ccc(CN)c(-c2cnccc2C(F)(F)F)c1. The van der Waals surface area contributed by atoms with Crippen LogP contribution in [0.2, 0.25) is 0 Å². The monoisotopic (exact) mass is 266 g/mol. The van der Waals surface area contributed by atoms with E-state index in [0.717, 1.165) is 17.8 Å². The normalized spacial score (nSPS) is 11.6. The number of hydrogen-bond donors (Lipinski definition) is 1.